The summed E-state index contributed by atoms with van der Waals surface area (Å²) < 4.78 is 26.7. The molecule has 3 heteroatoms. The van der Waals surface area contributed by atoms with E-state index in [1.165, 1.54) is 88.8 Å². The van der Waals surface area contributed by atoms with Gasteiger partial charge in [-0.05, 0) is 79.9 Å². The van der Waals surface area contributed by atoms with E-state index in [9.17, 15) is 8.78 Å². The van der Waals surface area contributed by atoms with E-state index in [1.54, 1.807) is 6.07 Å². The molecule has 0 amide bonds. The molecule has 0 N–H and O–H groups in total. The van der Waals surface area contributed by atoms with Crippen molar-refractivity contribution in [3.05, 3.63) is 59.7 Å². The van der Waals surface area contributed by atoms with E-state index in [1.807, 2.05) is 18.2 Å². The Morgan fingerprint density at radius 3 is 1.97 bits per heavy atom. The lowest BCUT2D eigenvalue weighted by Crippen LogP contribution is -2.15. The van der Waals surface area contributed by atoms with Crippen molar-refractivity contribution in [1.29, 1.82) is 5.26 Å². The number of hydrogen-bond acceptors (Lipinski definition) is 1. The second-order valence-corrected chi connectivity index (χ2v) is 10.1. The summed E-state index contributed by atoms with van der Waals surface area (Å²) in [6.45, 7) is 0. The van der Waals surface area contributed by atoms with Crippen LogP contribution in [0.1, 0.15) is 101 Å². The first kappa shape index (κ1) is 24.7. The van der Waals surface area contributed by atoms with E-state index in [2.05, 4.69) is 6.08 Å². The van der Waals surface area contributed by atoms with Crippen LogP contribution in [0.5, 0.6) is 0 Å². The topological polar surface area (TPSA) is 23.8 Å². The highest BCUT2D eigenvalue weighted by Gasteiger charge is 2.24. The second-order valence-electron chi connectivity index (χ2n) is 10.1. The maximum Gasteiger partial charge on any atom is 0.159 e. The summed E-state index contributed by atoms with van der Waals surface area (Å²) in [5.41, 5.74) is 0.977. The molecule has 0 saturated heterocycles. The molecule has 0 unspecified atom stereocenters. The number of benzene rings is 1. The summed E-state index contributed by atoms with van der Waals surface area (Å²) in [6.07, 6.45) is 25.7. The quantitative estimate of drug-likeness (QED) is 0.203. The van der Waals surface area contributed by atoms with Crippen LogP contribution >= 0.6 is 0 Å². The molecule has 174 valence electrons. The zero-order valence-corrected chi connectivity index (χ0v) is 19.5. The van der Waals surface area contributed by atoms with Crippen molar-refractivity contribution >= 4 is 0 Å². The normalized spacial score (nSPS) is 26.5. The van der Waals surface area contributed by atoms with Crippen LogP contribution in [0.2, 0.25) is 0 Å². The lowest BCUT2D eigenvalue weighted by Gasteiger charge is -2.30. The molecule has 1 nitrogen and oxygen atoms in total. The van der Waals surface area contributed by atoms with Crippen molar-refractivity contribution in [1.82, 2.24) is 0 Å². The third-order valence-electron chi connectivity index (χ3n) is 7.86. The van der Waals surface area contributed by atoms with Gasteiger partial charge in [0, 0.05) is 6.08 Å². The molecule has 2 saturated carbocycles. The Morgan fingerprint density at radius 1 is 0.781 bits per heavy atom. The standard InChI is InChI=1S/C29H39F2N/c30-28-20-19-27(22-29(28)31)26-17-15-25(16-18-26)10-6-5-9-24-13-11-23(12-14-24)8-4-2-1-3-7-21-32/h1-3,7,19-20,22-26H,4-6,8-18H2/b2-1+,7-3+. The summed E-state index contributed by atoms with van der Waals surface area (Å²) in [6, 6.07) is 6.46. The molecule has 2 aliphatic carbocycles. The van der Waals surface area contributed by atoms with E-state index in [0.717, 1.165) is 42.6 Å². The van der Waals surface area contributed by atoms with E-state index >= 15 is 0 Å². The van der Waals surface area contributed by atoms with E-state index in [-0.39, 0.29) is 0 Å². The Kier molecular flexibility index (Phi) is 10.5. The minimum Gasteiger partial charge on any atom is -0.204 e. The van der Waals surface area contributed by atoms with Gasteiger partial charge < -0.3 is 0 Å². The number of halogens is 2. The minimum atomic E-state index is -0.742. The van der Waals surface area contributed by atoms with Crippen LogP contribution in [0.3, 0.4) is 0 Å². The Morgan fingerprint density at radius 2 is 1.38 bits per heavy atom. The molecular formula is C29H39F2N. The average Bonchev–Trinajstić information content (AvgIpc) is 2.82. The average molecular weight is 440 g/mol. The first-order valence-corrected chi connectivity index (χ1v) is 12.8. The van der Waals surface area contributed by atoms with Crippen molar-refractivity contribution in [3.63, 3.8) is 0 Å². The fourth-order valence-corrected chi connectivity index (χ4v) is 5.83. The Labute approximate surface area is 193 Å². The predicted molar refractivity (Wildman–Crippen MR) is 128 cm³/mol. The van der Waals surface area contributed by atoms with Crippen LogP contribution in [-0.2, 0) is 0 Å². The van der Waals surface area contributed by atoms with Gasteiger partial charge >= 0.3 is 0 Å². The van der Waals surface area contributed by atoms with Gasteiger partial charge in [0.2, 0.25) is 0 Å². The largest absolute Gasteiger partial charge is 0.204 e. The summed E-state index contributed by atoms with van der Waals surface area (Å²) >= 11 is 0. The van der Waals surface area contributed by atoms with Crippen LogP contribution in [0.25, 0.3) is 0 Å². The molecule has 0 bridgehead atoms. The SMILES string of the molecule is N#C/C=C/C=C/CCC1CCC(CCCCC2CCC(c3ccc(F)c(F)c3)CC2)CC1. The summed E-state index contributed by atoms with van der Waals surface area (Å²) in [5.74, 6) is 1.60. The van der Waals surface area contributed by atoms with Crippen LogP contribution in [0.15, 0.2) is 42.5 Å². The third-order valence-corrected chi connectivity index (χ3v) is 7.86. The number of nitriles is 1. The molecule has 1 aromatic carbocycles. The Bertz CT molecular complexity index is 775. The summed E-state index contributed by atoms with van der Waals surface area (Å²) in [5, 5.41) is 8.47. The maximum absolute atomic E-state index is 13.5. The van der Waals surface area contributed by atoms with Gasteiger partial charge in [-0.25, -0.2) is 8.78 Å². The summed E-state index contributed by atoms with van der Waals surface area (Å²) in [7, 11) is 0. The van der Waals surface area contributed by atoms with Gasteiger partial charge in [-0.3, -0.25) is 0 Å². The molecule has 1 aromatic rings. The number of hydrogen-bond donors (Lipinski definition) is 0. The van der Waals surface area contributed by atoms with Gasteiger partial charge in [0.1, 0.15) is 0 Å². The third kappa shape index (κ3) is 8.19. The Balaban J connectivity index is 1.22. The second kappa shape index (κ2) is 13.6. The van der Waals surface area contributed by atoms with Gasteiger partial charge in [0.05, 0.1) is 6.07 Å². The molecule has 3 rings (SSSR count). The van der Waals surface area contributed by atoms with Crippen molar-refractivity contribution in [2.45, 2.75) is 95.8 Å². The fourth-order valence-electron chi connectivity index (χ4n) is 5.83. The molecule has 0 aliphatic heterocycles. The first-order chi connectivity index (χ1) is 15.7. The van der Waals surface area contributed by atoms with Crippen molar-refractivity contribution < 1.29 is 8.78 Å². The highest BCUT2D eigenvalue weighted by molar-refractivity contribution is 5.22. The van der Waals surface area contributed by atoms with E-state index in [0.29, 0.717) is 5.92 Å². The van der Waals surface area contributed by atoms with E-state index < -0.39 is 11.6 Å². The fraction of sp³-hybridized carbons (Fsp3) is 0.621. The number of nitrogens with zero attached hydrogens (tertiary/aromatic N) is 1. The monoisotopic (exact) mass is 439 g/mol. The van der Waals surface area contributed by atoms with E-state index in [4.69, 9.17) is 5.26 Å². The molecule has 2 aliphatic rings. The van der Waals surface area contributed by atoms with Gasteiger partial charge in [-0.2, -0.15) is 5.26 Å². The van der Waals surface area contributed by atoms with Crippen molar-refractivity contribution in [2.75, 3.05) is 0 Å². The van der Waals surface area contributed by atoms with Gasteiger partial charge in [-0.1, -0.05) is 75.7 Å². The van der Waals surface area contributed by atoms with Crippen LogP contribution < -0.4 is 0 Å². The lowest BCUT2D eigenvalue weighted by atomic mass is 9.76. The van der Waals surface area contributed by atoms with Crippen molar-refractivity contribution in [3.8, 4) is 6.07 Å². The zero-order chi connectivity index (χ0) is 22.6. The molecule has 0 radical (unpaired) electrons. The summed E-state index contributed by atoms with van der Waals surface area (Å²) in [4.78, 5) is 0. The number of unbranched alkanes of at least 4 members (excludes halogenated alkanes) is 1. The minimum absolute atomic E-state index is 0.404. The highest BCUT2D eigenvalue weighted by Crippen LogP contribution is 2.39. The smallest absolute Gasteiger partial charge is 0.159 e. The van der Waals surface area contributed by atoms with Crippen LogP contribution in [-0.4, -0.2) is 0 Å². The molecule has 0 spiro atoms. The molecule has 0 aromatic heterocycles. The molecule has 0 atom stereocenters. The van der Waals surface area contributed by atoms with Crippen LogP contribution in [0.4, 0.5) is 8.78 Å². The lowest BCUT2D eigenvalue weighted by molar-refractivity contribution is 0.244. The molecule has 0 heterocycles. The number of allylic oxidation sites excluding steroid dienone is 4. The zero-order valence-electron chi connectivity index (χ0n) is 19.5. The molecular weight excluding hydrogens is 400 g/mol. The highest BCUT2D eigenvalue weighted by atomic mass is 19.2. The predicted octanol–water partition coefficient (Wildman–Crippen LogP) is 9.02. The van der Waals surface area contributed by atoms with Gasteiger partial charge in [0.15, 0.2) is 11.6 Å². The molecule has 32 heavy (non-hydrogen) atoms. The maximum atomic E-state index is 13.5. The van der Waals surface area contributed by atoms with Gasteiger partial charge in [-0.15, -0.1) is 0 Å². The Hall–Kier alpha value is -1.95. The number of rotatable bonds is 10. The molecule has 2 fully saturated rings. The van der Waals surface area contributed by atoms with Crippen molar-refractivity contribution in [2.24, 2.45) is 17.8 Å². The van der Waals surface area contributed by atoms with Crippen LogP contribution in [0, 0.1) is 40.7 Å². The first-order valence-electron chi connectivity index (χ1n) is 12.8. The van der Waals surface area contributed by atoms with Gasteiger partial charge in [0.25, 0.3) is 0 Å².